The Kier molecular flexibility index (Phi) is 7.08. The van der Waals surface area contributed by atoms with Crippen LogP contribution in [0.25, 0.3) is 11.1 Å². The molecule has 1 saturated carbocycles. The molecule has 0 aromatic heterocycles. The maximum Gasteiger partial charge on any atom is 0.248 e. The molecule has 0 bridgehead atoms. The number of alkyl halides is 2. The summed E-state index contributed by atoms with van der Waals surface area (Å²) in [5.74, 6) is -2.99. The number of hydrogen-bond donors (Lipinski definition) is 0. The van der Waals surface area contributed by atoms with Crippen molar-refractivity contribution in [3.8, 4) is 11.1 Å². The zero-order valence-corrected chi connectivity index (χ0v) is 21.7. The average molecular weight is 505 g/mol. The van der Waals surface area contributed by atoms with Gasteiger partial charge in [-0.05, 0) is 69.2 Å². The Labute approximate surface area is 207 Å². The van der Waals surface area contributed by atoms with Crippen molar-refractivity contribution >= 4 is 15.9 Å². The van der Waals surface area contributed by atoms with E-state index in [1.165, 1.54) is 9.21 Å². The molecular formula is C27H34F2N2O3S. The molecule has 1 heterocycles. The summed E-state index contributed by atoms with van der Waals surface area (Å²) < 4.78 is 56.6. The lowest BCUT2D eigenvalue weighted by molar-refractivity contribution is -0.138. The van der Waals surface area contributed by atoms with E-state index in [1.807, 2.05) is 45.0 Å². The highest BCUT2D eigenvalue weighted by Gasteiger charge is 2.44. The molecule has 0 spiro atoms. The molecule has 190 valence electrons. The predicted molar refractivity (Wildman–Crippen MR) is 133 cm³/mol. The molecule has 0 radical (unpaired) electrons. The minimum absolute atomic E-state index is 0.195. The van der Waals surface area contributed by atoms with Gasteiger partial charge in [-0.25, -0.2) is 17.2 Å². The van der Waals surface area contributed by atoms with Crippen LogP contribution in [0, 0.1) is 20.8 Å². The first kappa shape index (κ1) is 25.8. The lowest BCUT2D eigenvalue weighted by atomic mass is 9.91. The minimum atomic E-state index is -3.98. The Balaban J connectivity index is 1.67. The summed E-state index contributed by atoms with van der Waals surface area (Å²) in [4.78, 5) is 15.1. The summed E-state index contributed by atoms with van der Waals surface area (Å²) in [6.07, 6.45) is 0.967. The second-order valence-corrected chi connectivity index (χ2v) is 11.9. The van der Waals surface area contributed by atoms with E-state index < -0.39 is 22.0 Å². The Bertz CT molecular complexity index is 1200. The monoisotopic (exact) mass is 504 g/mol. The van der Waals surface area contributed by atoms with Gasteiger partial charge in [0.25, 0.3) is 0 Å². The van der Waals surface area contributed by atoms with Crippen molar-refractivity contribution in [2.75, 3.05) is 13.6 Å². The first-order valence-corrected chi connectivity index (χ1v) is 13.7. The van der Waals surface area contributed by atoms with Crippen molar-refractivity contribution in [3.05, 3.63) is 53.1 Å². The number of nitrogens with zero attached hydrogens (tertiary/aromatic N) is 2. The van der Waals surface area contributed by atoms with E-state index >= 15 is 0 Å². The molecule has 1 amide bonds. The molecule has 1 saturated heterocycles. The SMILES string of the molecule is Cc1ccc(S(=O)(=O)N2CCC[C@H]2C(=O)N(C)C2CCC(F)(F)CC2)c(-c2c(C)cccc2C)c1. The van der Waals surface area contributed by atoms with Gasteiger partial charge >= 0.3 is 0 Å². The zero-order valence-electron chi connectivity index (χ0n) is 20.9. The molecule has 0 N–H and O–H groups in total. The van der Waals surface area contributed by atoms with E-state index in [9.17, 15) is 22.0 Å². The summed E-state index contributed by atoms with van der Waals surface area (Å²) in [6.45, 7) is 6.12. The van der Waals surface area contributed by atoms with E-state index in [-0.39, 0.29) is 49.1 Å². The van der Waals surface area contributed by atoms with Crippen LogP contribution in [0.4, 0.5) is 8.78 Å². The fourth-order valence-electron chi connectivity index (χ4n) is 5.53. The molecule has 5 nitrogen and oxygen atoms in total. The summed E-state index contributed by atoms with van der Waals surface area (Å²) in [6, 6.07) is 10.1. The van der Waals surface area contributed by atoms with Gasteiger partial charge in [0, 0.05) is 38.0 Å². The molecule has 1 atom stereocenters. The van der Waals surface area contributed by atoms with Crippen LogP contribution in [0.3, 0.4) is 0 Å². The minimum Gasteiger partial charge on any atom is -0.341 e. The fourth-order valence-corrected chi connectivity index (χ4v) is 7.36. The molecule has 2 aromatic rings. The van der Waals surface area contributed by atoms with Crippen LogP contribution in [0.2, 0.25) is 0 Å². The number of halogens is 2. The van der Waals surface area contributed by atoms with Crippen molar-refractivity contribution in [1.82, 2.24) is 9.21 Å². The number of aryl methyl sites for hydroxylation is 3. The smallest absolute Gasteiger partial charge is 0.248 e. The molecule has 0 unspecified atom stereocenters. The fraction of sp³-hybridized carbons (Fsp3) is 0.519. The van der Waals surface area contributed by atoms with Gasteiger partial charge in [-0.15, -0.1) is 0 Å². The molecule has 2 fully saturated rings. The van der Waals surface area contributed by atoms with Gasteiger partial charge in [0.2, 0.25) is 21.9 Å². The largest absolute Gasteiger partial charge is 0.341 e. The normalized spacial score (nSPS) is 21.3. The van der Waals surface area contributed by atoms with Crippen LogP contribution < -0.4 is 0 Å². The van der Waals surface area contributed by atoms with E-state index in [0.717, 1.165) is 22.3 Å². The molecule has 2 aliphatic rings. The number of carbonyl (C=O) groups excluding carboxylic acids is 1. The number of hydrogen-bond acceptors (Lipinski definition) is 3. The number of benzene rings is 2. The number of amides is 1. The Morgan fingerprint density at radius 2 is 1.66 bits per heavy atom. The van der Waals surface area contributed by atoms with Gasteiger partial charge in [-0.3, -0.25) is 4.79 Å². The van der Waals surface area contributed by atoms with Crippen LogP contribution in [-0.4, -0.2) is 55.1 Å². The van der Waals surface area contributed by atoms with Gasteiger partial charge in [-0.2, -0.15) is 4.31 Å². The van der Waals surface area contributed by atoms with Gasteiger partial charge in [0.1, 0.15) is 6.04 Å². The van der Waals surface area contributed by atoms with Crippen LogP contribution in [-0.2, 0) is 14.8 Å². The van der Waals surface area contributed by atoms with Crippen LogP contribution in [0.15, 0.2) is 41.3 Å². The number of likely N-dealkylation sites (N-methyl/N-ethyl adjacent to an activating group) is 1. The summed E-state index contributed by atoms with van der Waals surface area (Å²) in [5, 5.41) is 0. The van der Waals surface area contributed by atoms with Crippen molar-refractivity contribution in [3.63, 3.8) is 0 Å². The van der Waals surface area contributed by atoms with Gasteiger partial charge < -0.3 is 4.90 Å². The Morgan fingerprint density at radius 3 is 2.29 bits per heavy atom. The quantitative estimate of drug-likeness (QED) is 0.543. The van der Waals surface area contributed by atoms with Gasteiger partial charge in [0.05, 0.1) is 4.90 Å². The predicted octanol–water partition coefficient (Wildman–Crippen LogP) is 5.47. The third-order valence-electron chi connectivity index (χ3n) is 7.54. The lowest BCUT2D eigenvalue weighted by Crippen LogP contribution is -2.50. The highest BCUT2D eigenvalue weighted by Crippen LogP contribution is 2.38. The van der Waals surface area contributed by atoms with Crippen molar-refractivity contribution in [2.24, 2.45) is 0 Å². The molecular weight excluding hydrogens is 470 g/mol. The van der Waals surface area contributed by atoms with Crippen LogP contribution >= 0.6 is 0 Å². The Hall–Kier alpha value is -2.32. The average Bonchev–Trinajstić information content (AvgIpc) is 3.29. The first-order chi connectivity index (χ1) is 16.4. The van der Waals surface area contributed by atoms with Crippen molar-refractivity contribution < 1.29 is 22.0 Å². The van der Waals surface area contributed by atoms with Crippen molar-refractivity contribution in [1.29, 1.82) is 0 Å². The molecule has 1 aliphatic carbocycles. The van der Waals surface area contributed by atoms with E-state index in [0.29, 0.717) is 18.4 Å². The molecule has 2 aromatic carbocycles. The van der Waals surface area contributed by atoms with Crippen LogP contribution in [0.5, 0.6) is 0 Å². The standard InChI is InChI=1S/C27H34F2N2O3S/c1-18-10-11-24(22(17-18)25-19(2)7-5-8-20(25)3)35(33,34)31-16-6-9-23(31)26(32)30(4)21-12-14-27(28,29)15-13-21/h5,7-8,10-11,17,21,23H,6,9,12-16H2,1-4H3/t23-/m0/s1. The second kappa shape index (κ2) is 9.62. The third kappa shape index (κ3) is 5.00. The van der Waals surface area contributed by atoms with E-state index in [1.54, 1.807) is 19.2 Å². The van der Waals surface area contributed by atoms with Gasteiger partial charge in [-0.1, -0.05) is 35.9 Å². The highest BCUT2D eigenvalue weighted by molar-refractivity contribution is 7.89. The molecule has 35 heavy (non-hydrogen) atoms. The van der Waals surface area contributed by atoms with Gasteiger partial charge in [0.15, 0.2) is 0 Å². The van der Waals surface area contributed by atoms with E-state index in [4.69, 9.17) is 0 Å². The Morgan fingerprint density at radius 1 is 1.03 bits per heavy atom. The second-order valence-electron chi connectivity index (χ2n) is 10.1. The summed E-state index contributed by atoms with van der Waals surface area (Å²) >= 11 is 0. The van der Waals surface area contributed by atoms with E-state index in [2.05, 4.69) is 0 Å². The number of carbonyl (C=O) groups is 1. The number of sulfonamides is 1. The number of rotatable bonds is 5. The zero-order chi connectivity index (χ0) is 25.5. The molecule has 4 rings (SSSR count). The third-order valence-corrected chi connectivity index (χ3v) is 9.51. The highest BCUT2D eigenvalue weighted by atomic mass is 32.2. The van der Waals surface area contributed by atoms with Crippen molar-refractivity contribution in [2.45, 2.75) is 82.2 Å². The topological polar surface area (TPSA) is 57.7 Å². The first-order valence-electron chi connectivity index (χ1n) is 12.3. The lowest BCUT2D eigenvalue weighted by Gasteiger charge is -2.37. The summed E-state index contributed by atoms with van der Waals surface area (Å²) in [7, 11) is -2.36. The molecule has 1 aliphatic heterocycles. The maximum absolute atomic E-state index is 14.0. The maximum atomic E-state index is 14.0. The van der Waals surface area contributed by atoms with Crippen LogP contribution in [0.1, 0.15) is 55.2 Å². The molecule has 8 heteroatoms. The summed E-state index contributed by atoms with van der Waals surface area (Å²) in [5.41, 5.74) is 4.44.